The van der Waals surface area contributed by atoms with E-state index in [1.807, 2.05) is 24.1 Å². The number of carbonyl (C=O) groups is 1. The fourth-order valence-electron chi connectivity index (χ4n) is 4.67. The van der Waals surface area contributed by atoms with Gasteiger partial charge < -0.3 is 19.3 Å². The first-order chi connectivity index (χ1) is 13.6. The van der Waals surface area contributed by atoms with Crippen molar-refractivity contribution in [2.45, 2.75) is 25.8 Å². The maximum Gasteiger partial charge on any atom is 0.324 e. The van der Waals surface area contributed by atoms with Crippen LogP contribution in [0.2, 0.25) is 0 Å². The molecule has 5 rings (SSSR count). The number of carbonyl (C=O) groups excluding carboxylic acids is 1. The summed E-state index contributed by atoms with van der Waals surface area (Å²) < 4.78 is 5.08. The third kappa shape index (κ3) is 2.87. The Kier molecular flexibility index (Phi) is 3.96. The maximum atomic E-state index is 12.5. The summed E-state index contributed by atoms with van der Waals surface area (Å²) in [7, 11) is 2.11. The molecule has 1 aliphatic carbocycles. The monoisotopic (exact) mass is 381 g/mol. The van der Waals surface area contributed by atoms with Crippen molar-refractivity contribution in [3.8, 4) is 0 Å². The summed E-state index contributed by atoms with van der Waals surface area (Å²) in [5.41, 5.74) is 1.61. The number of aromatic amines is 1. The van der Waals surface area contributed by atoms with Crippen LogP contribution in [-0.4, -0.2) is 57.2 Å². The van der Waals surface area contributed by atoms with Gasteiger partial charge in [-0.05, 0) is 37.7 Å². The highest BCUT2D eigenvalue weighted by Gasteiger charge is 2.44. The van der Waals surface area contributed by atoms with E-state index < -0.39 is 0 Å². The van der Waals surface area contributed by atoms with E-state index >= 15 is 0 Å². The van der Waals surface area contributed by atoms with Gasteiger partial charge in [-0.1, -0.05) is 5.16 Å². The number of aromatic nitrogens is 4. The molecule has 2 amide bonds. The van der Waals surface area contributed by atoms with E-state index in [1.165, 1.54) is 0 Å². The second kappa shape index (κ2) is 6.50. The Balaban J connectivity index is 1.23. The second-order valence-corrected chi connectivity index (χ2v) is 7.86. The zero-order chi connectivity index (χ0) is 19.3. The minimum atomic E-state index is -0.111. The van der Waals surface area contributed by atoms with Crippen molar-refractivity contribution in [2.75, 3.05) is 30.4 Å². The van der Waals surface area contributed by atoms with Gasteiger partial charge in [-0.3, -0.25) is 5.32 Å². The van der Waals surface area contributed by atoms with Gasteiger partial charge in [-0.25, -0.2) is 14.8 Å². The van der Waals surface area contributed by atoms with Gasteiger partial charge in [0, 0.05) is 38.4 Å². The van der Waals surface area contributed by atoms with Crippen LogP contribution in [0.1, 0.15) is 18.5 Å². The van der Waals surface area contributed by atoms with Gasteiger partial charge in [0.25, 0.3) is 0 Å². The summed E-state index contributed by atoms with van der Waals surface area (Å²) in [5.74, 6) is 2.39. The number of nitrogens with zero attached hydrogens (tertiary/aromatic N) is 5. The summed E-state index contributed by atoms with van der Waals surface area (Å²) in [5, 5.41) is 7.65. The predicted octanol–water partition coefficient (Wildman–Crippen LogP) is 2.63. The van der Waals surface area contributed by atoms with E-state index in [1.54, 1.807) is 12.4 Å². The Hall–Kier alpha value is -3.10. The van der Waals surface area contributed by atoms with Crippen molar-refractivity contribution in [3.63, 3.8) is 0 Å². The molecule has 9 nitrogen and oxygen atoms in total. The Labute approximate surface area is 162 Å². The molecule has 3 aromatic rings. The number of urea groups is 1. The fourth-order valence-corrected chi connectivity index (χ4v) is 4.67. The molecule has 0 radical (unpaired) electrons. The number of H-pyrrole nitrogens is 1. The molecule has 0 aromatic carbocycles. The smallest absolute Gasteiger partial charge is 0.324 e. The van der Waals surface area contributed by atoms with Crippen LogP contribution < -0.4 is 10.2 Å². The molecular weight excluding hydrogens is 358 g/mol. The highest BCUT2D eigenvalue weighted by molar-refractivity contribution is 5.88. The highest BCUT2D eigenvalue weighted by atomic mass is 16.5. The van der Waals surface area contributed by atoms with Gasteiger partial charge in [-0.15, -0.1) is 0 Å². The zero-order valence-corrected chi connectivity index (χ0v) is 15.9. The SMILES string of the molecule is Cc1cc(NC(=O)N2C[C@H]3C[C@H](N(C)c4ncnc5[nH]ccc45)C[C@H]3C2)on1. The topological polar surface area (TPSA) is 103 Å². The third-order valence-electron chi connectivity index (χ3n) is 6.09. The lowest BCUT2D eigenvalue weighted by molar-refractivity contribution is 0.217. The van der Waals surface area contributed by atoms with E-state index in [-0.39, 0.29) is 6.03 Å². The van der Waals surface area contributed by atoms with E-state index in [4.69, 9.17) is 4.52 Å². The lowest BCUT2D eigenvalue weighted by atomic mass is 10.0. The van der Waals surface area contributed by atoms with Crippen LogP contribution in [0, 0.1) is 18.8 Å². The molecule has 0 spiro atoms. The van der Waals surface area contributed by atoms with Crippen LogP contribution in [0.4, 0.5) is 16.5 Å². The standard InChI is InChI=1S/C19H23N7O2/c1-11-5-16(28-24-11)23-19(27)26-8-12-6-14(7-13(12)9-26)25(2)18-15-3-4-20-17(15)21-10-22-18/h3-5,10,12-14H,6-9H2,1-2H3,(H,23,27)(H,20,21,22)/t12-,13+,14+. The highest BCUT2D eigenvalue weighted by Crippen LogP contribution is 2.41. The second-order valence-electron chi connectivity index (χ2n) is 7.86. The Morgan fingerprint density at radius 2 is 2.11 bits per heavy atom. The molecule has 1 saturated heterocycles. The van der Waals surface area contributed by atoms with Crippen molar-refractivity contribution >= 4 is 28.8 Å². The molecule has 2 fully saturated rings. The van der Waals surface area contributed by atoms with Crippen molar-refractivity contribution in [2.24, 2.45) is 11.8 Å². The third-order valence-corrected chi connectivity index (χ3v) is 6.09. The van der Waals surface area contributed by atoms with Gasteiger partial charge in [-0.2, -0.15) is 0 Å². The van der Waals surface area contributed by atoms with Crippen LogP contribution in [0.25, 0.3) is 11.0 Å². The summed E-state index contributed by atoms with van der Waals surface area (Å²) in [6, 6.07) is 4.06. The lowest BCUT2D eigenvalue weighted by Crippen LogP contribution is -2.36. The van der Waals surface area contributed by atoms with Crippen LogP contribution >= 0.6 is 0 Å². The first kappa shape index (κ1) is 17.0. The molecule has 9 heteroatoms. The minimum absolute atomic E-state index is 0.111. The van der Waals surface area contributed by atoms with Crippen LogP contribution in [0.3, 0.4) is 0 Å². The molecular formula is C19H23N7O2. The minimum Gasteiger partial charge on any atom is -0.356 e. The summed E-state index contributed by atoms with van der Waals surface area (Å²) in [6.07, 6.45) is 5.62. The molecule has 28 heavy (non-hydrogen) atoms. The van der Waals surface area contributed by atoms with E-state index in [0.717, 1.165) is 48.5 Å². The van der Waals surface area contributed by atoms with Gasteiger partial charge in [0.05, 0.1) is 11.1 Å². The largest absolute Gasteiger partial charge is 0.356 e. The summed E-state index contributed by atoms with van der Waals surface area (Å²) in [4.78, 5) is 28.6. The van der Waals surface area contributed by atoms with Gasteiger partial charge in [0.1, 0.15) is 17.8 Å². The van der Waals surface area contributed by atoms with E-state index in [2.05, 4.69) is 37.4 Å². The fraction of sp³-hybridized carbons (Fsp3) is 0.474. The molecule has 1 aliphatic heterocycles. The molecule has 2 aliphatic rings. The van der Waals surface area contributed by atoms with Crippen molar-refractivity contribution in [1.82, 2.24) is 25.0 Å². The number of hydrogen-bond acceptors (Lipinski definition) is 6. The van der Waals surface area contributed by atoms with E-state index in [9.17, 15) is 4.79 Å². The summed E-state index contributed by atoms with van der Waals surface area (Å²) in [6.45, 7) is 3.38. The van der Waals surface area contributed by atoms with E-state index in [0.29, 0.717) is 23.8 Å². The number of rotatable bonds is 3. The first-order valence-corrected chi connectivity index (χ1v) is 9.58. The molecule has 0 unspecified atom stereocenters. The Morgan fingerprint density at radius 1 is 1.32 bits per heavy atom. The number of hydrogen-bond donors (Lipinski definition) is 2. The average molecular weight is 381 g/mol. The number of likely N-dealkylation sites (tertiary alicyclic amines) is 1. The van der Waals surface area contributed by atoms with Gasteiger partial charge in [0.15, 0.2) is 0 Å². The Morgan fingerprint density at radius 3 is 2.82 bits per heavy atom. The van der Waals surface area contributed by atoms with Crippen molar-refractivity contribution < 1.29 is 9.32 Å². The average Bonchev–Trinajstić information content (AvgIpc) is 3.43. The number of aryl methyl sites for hydroxylation is 1. The quantitative estimate of drug-likeness (QED) is 0.723. The van der Waals surface area contributed by atoms with Gasteiger partial charge in [0.2, 0.25) is 5.88 Å². The number of nitrogens with one attached hydrogen (secondary N) is 2. The first-order valence-electron chi connectivity index (χ1n) is 9.58. The van der Waals surface area contributed by atoms with Crippen LogP contribution in [-0.2, 0) is 0 Å². The number of anilines is 2. The molecule has 4 heterocycles. The molecule has 0 bridgehead atoms. The van der Waals surface area contributed by atoms with Crippen LogP contribution in [0.5, 0.6) is 0 Å². The summed E-state index contributed by atoms with van der Waals surface area (Å²) >= 11 is 0. The normalized spacial score (nSPS) is 23.9. The molecule has 2 N–H and O–H groups in total. The maximum absolute atomic E-state index is 12.5. The molecule has 1 saturated carbocycles. The number of fused-ring (bicyclic) bond motifs is 2. The van der Waals surface area contributed by atoms with Crippen molar-refractivity contribution in [1.29, 1.82) is 0 Å². The lowest BCUT2D eigenvalue weighted by Gasteiger charge is -2.27. The molecule has 3 aromatic heterocycles. The van der Waals surface area contributed by atoms with Gasteiger partial charge >= 0.3 is 6.03 Å². The predicted molar refractivity (Wildman–Crippen MR) is 104 cm³/mol. The Bertz CT molecular complexity index is 999. The number of amides is 2. The molecule has 3 atom stereocenters. The van der Waals surface area contributed by atoms with Crippen molar-refractivity contribution in [3.05, 3.63) is 30.4 Å². The molecule has 146 valence electrons. The van der Waals surface area contributed by atoms with Crippen LogP contribution in [0.15, 0.2) is 29.2 Å². The zero-order valence-electron chi connectivity index (χ0n) is 15.9.